The van der Waals surface area contributed by atoms with Crippen molar-refractivity contribution >= 4 is 11.8 Å². The SMILES string of the molecule is CN1CC23C=CC(O2)C(C(=O)N2CCC(O)(c4cccnc4F)CC2)C3C1=O. The molecule has 2 amide bonds. The second kappa shape index (κ2) is 5.84. The summed E-state index contributed by atoms with van der Waals surface area (Å²) in [5.41, 5.74) is -1.86. The van der Waals surface area contributed by atoms with Gasteiger partial charge in [-0.3, -0.25) is 9.59 Å². The zero-order valence-electron chi connectivity index (χ0n) is 15.5. The molecule has 1 aromatic heterocycles. The smallest absolute Gasteiger partial charge is 0.229 e. The Morgan fingerprint density at radius 1 is 1.39 bits per heavy atom. The third kappa shape index (κ3) is 2.31. The highest BCUT2D eigenvalue weighted by Crippen LogP contribution is 2.52. The molecule has 1 N–H and O–H groups in total. The summed E-state index contributed by atoms with van der Waals surface area (Å²) >= 11 is 0. The van der Waals surface area contributed by atoms with Crippen molar-refractivity contribution in [1.29, 1.82) is 0 Å². The molecule has 7 nitrogen and oxygen atoms in total. The molecule has 5 rings (SSSR count). The van der Waals surface area contributed by atoms with Crippen molar-refractivity contribution in [2.45, 2.75) is 30.1 Å². The number of halogens is 1. The van der Waals surface area contributed by atoms with Crippen LogP contribution in [0.3, 0.4) is 0 Å². The maximum Gasteiger partial charge on any atom is 0.229 e. The molecular weight excluding hydrogens is 365 g/mol. The molecule has 0 radical (unpaired) electrons. The van der Waals surface area contributed by atoms with Gasteiger partial charge in [-0.1, -0.05) is 18.2 Å². The van der Waals surface area contributed by atoms with Crippen molar-refractivity contribution in [3.8, 4) is 0 Å². The average Bonchev–Trinajstić information content (AvgIpc) is 3.30. The van der Waals surface area contributed by atoms with Crippen LogP contribution in [0, 0.1) is 17.8 Å². The molecule has 1 spiro atoms. The van der Waals surface area contributed by atoms with E-state index in [9.17, 15) is 19.1 Å². The Balaban J connectivity index is 1.34. The number of ether oxygens (including phenoxy) is 1. The van der Waals surface area contributed by atoms with E-state index in [0.29, 0.717) is 19.6 Å². The molecule has 4 unspecified atom stereocenters. The highest BCUT2D eigenvalue weighted by molar-refractivity contribution is 5.93. The maximum atomic E-state index is 14.0. The van der Waals surface area contributed by atoms with Gasteiger partial charge in [0.25, 0.3) is 0 Å². The van der Waals surface area contributed by atoms with Gasteiger partial charge in [0.15, 0.2) is 0 Å². The van der Waals surface area contributed by atoms with E-state index in [1.54, 1.807) is 22.9 Å². The van der Waals surface area contributed by atoms with Crippen LogP contribution in [0.2, 0.25) is 0 Å². The van der Waals surface area contributed by atoms with Gasteiger partial charge < -0.3 is 19.6 Å². The van der Waals surface area contributed by atoms with Crippen molar-refractivity contribution in [1.82, 2.24) is 14.8 Å². The van der Waals surface area contributed by atoms with Gasteiger partial charge in [-0.05, 0) is 18.9 Å². The molecular formula is C20H22FN3O4. The fourth-order valence-corrected chi connectivity index (χ4v) is 5.28. The number of likely N-dealkylation sites (N-methyl/N-ethyl adjacent to an activating group) is 1. The van der Waals surface area contributed by atoms with Crippen LogP contribution in [0.1, 0.15) is 18.4 Å². The fraction of sp³-hybridized carbons (Fsp3) is 0.550. The minimum absolute atomic E-state index is 0.0591. The molecule has 4 aliphatic heterocycles. The molecule has 0 saturated carbocycles. The average molecular weight is 387 g/mol. The number of hydrogen-bond donors (Lipinski definition) is 1. The Morgan fingerprint density at radius 3 is 2.86 bits per heavy atom. The van der Waals surface area contributed by atoms with E-state index in [1.165, 1.54) is 12.3 Å². The van der Waals surface area contributed by atoms with Crippen LogP contribution in [0.5, 0.6) is 0 Å². The Hall–Kier alpha value is -2.32. The van der Waals surface area contributed by atoms with E-state index in [2.05, 4.69) is 4.98 Å². The number of aliphatic hydroxyl groups is 1. The second-order valence-corrected chi connectivity index (χ2v) is 8.29. The molecule has 5 heterocycles. The molecule has 3 fully saturated rings. The van der Waals surface area contributed by atoms with Crippen LogP contribution in [0.4, 0.5) is 4.39 Å². The molecule has 2 bridgehead atoms. The zero-order valence-corrected chi connectivity index (χ0v) is 15.5. The highest BCUT2D eigenvalue weighted by atomic mass is 19.1. The monoisotopic (exact) mass is 387 g/mol. The normalized spacial score (nSPS) is 35.5. The van der Waals surface area contributed by atoms with Gasteiger partial charge >= 0.3 is 0 Å². The molecule has 0 aromatic carbocycles. The number of piperidine rings is 1. The summed E-state index contributed by atoms with van der Waals surface area (Å²) in [7, 11) is 1.73. The zero-order chi connectivity index (χ0) is 19.7. The minimum atomic E-state index is -1.34. The van der Waals surface area contributed by atoms with Gasteiger partial charge in [0.1, 0.15) is 5.60 Å². The van der Waals surface area contributed by atoms with Crippen molar-refractivity contribution in [2.75, 3.05) is 26.7 Å². The summed E-state index contributed by atoms with van der Waals surface area (Å²) in [5.74, 6) is -1.90. The number of nitrogens with zero attached hydrogens (tertiary/aromatic N) is 3. The lowest BCUT2D eigenvalue weighted by Gasteiger charge is -2.40. The van der Waals surface area contributed by atoms with Gasteiger partial charge in [0, 0.05) is 31.9 Å². The second-order valence-electron chi connectivity index (χ2n) is 8.29. The van der Waals surface area contributed by atoms with Crippen molar-refractivity contribution in [3.63, 3.8) is 0 Å². The van der Waals surface area contributed by atoms with Crippen LogP contribution >= 0.6 is 0 Å². The highest BCUT2D eigenvalue weighted by Gasteiger charge is 2.66. The number of rotatable bonds is 2. The first-order valence-electron chi connectivity index (χ1n) is 9.59. The summed E-state index contributed by atoms with van der Waals surface area (Å²) in [6.07, 6.45) is 5.21. The summed E-state index contributed by atoms with van der Waals surface area (Å²) in [5, 5.41) is 10.9. The maximum absolute atomic E-state index is 14.0. The number of amides is 2. The van der Waals surface area contributed by atoms with Crippen molar-refractivity contribution < 1.29 is 23.8 Å². The lowest BCUT2D eigenvalue weighted by Crippen LogP contribution is -2.51. The van der Waals surface area contributed by atoms with Crippen LogP contribution in [-0.2, 0) is 19.9 Å². The van der Waals surface area contributed by atoms with E-state index in [0.717, 1.165) is 0 Å². The van der Waals surface area contributed by atoms with E-state index >= 15 is 0 Å². The molecule has 0 aliphatic carbocycles. The predicted molar refractivity (Wildman–Crippen MR) is 95.3 cm³/mol. The summed E-state index contributed by atoms with van der Waals surface area (Å²) in [6.45, 7) is 1.05. The van der Waals surface area contributed by atoms with E-state index < -0.39 is 29.0 Å². The third-order valence-corrected chi connectivity index (χ3v) is 6.74. The Morgan fingerprint density at radius 2 is 2.14 bits per heavy atom. The minimum Gasteiger partial charge on any atom is -0.385 e. The van der Waals surface area contributed by atoms with Crippen LogP contribution in [-0.4, -0.2) is 70.1 Å². The number of carbonyl (C=O) groups excluding carboxylic acids is 2. The topological polar surface area (TPSA) is 83.0 Å². The number of carbonyl (C=O) groups is 2. The summed E-state index contributed by atoms with van der Waals surface area (Å²) in [4.78, 5) is 32.8. The Labute approximate surface area is 161 Å². The first-order chi connectivity index (χ1) is 13.3. The lowest BCUT2D eigenvalue weighted by molar-refractivity contribution is -0.146. The number of hydrogen-bond acceptors (Lipinski definition) is 5. The largest absolute Gasteiger partial charge is 0.385 e. The Kier molecular flexibility index (Phi) is 3.70. The van der Waals surface area contributed by atoms with E-state index in [-0.39, 0.29) is 36.3 Å². The van der Waals surface area contributed by atoms with Crippen LogP contribution in [0.15, 0.2) is 30.5 Å². The molecule has 3 saturated heterocycles. The van der Waals surface area contributed by atoms with Gasteiger partial charge in [-0.2, -0.15) is 4.39 Å². The Bertz CT molecular complexity index is 882. The lowest BCUT2D eigenvalue weighted by atomic mass is 9.76. The van der Waals surface area contributed by atoms with Gasteiger partial charge in [0.2, 0.25) is 17.8 Å². The van der Waals surface area contributed by atoms with Crippen molar-refractivity contribution in [3.05, 3.63) is 42.0 Å². The quantitative estimate of drug-likeness (QED) is 0.588. The van der Waals surface area contributed by atoms with Crippen LogP contribution in [0.25, 0.3) is 0 Å². The summed E-state index contributed by atoms with van der Waals surface area (Å²) < 4.78 is 20.1. The van der Waals surface area contributed by atoms with Crippen LogP contribution < -0.4 is 0 Å². The van der Waals surface area contributed by atoms with Gasteiger partial charge in [-0.25, -0.2) is 4.98 Å². The number of likely N-dealkylation sites (tertiary alicyclic amines) is 2. The van der Waals surface area contributed by atoms with Gasteiger partial charge in [0.05, 0.1) is 30.1 Å². The molecule has 1 aromatic rings. The first kappa shape index (κ1) is 17.8. The molecule has 4 aliphatic rings. The third-order valence-electron chi connectivity index (χ3n) is 6.74. The first-order valence-corrected chi connectivity index (χ1v) is 9.59. The standard InChI is InChI=1S/C20H22FN3O4/c1-23-11-20-5-4-13(28-20)14(15(20)18(23)26)17(25)24-9-6-19(27,7-10-24)12-3-2-8-22-16(12)21/h2-5,8,13-15,27H,6-7,9-11H2,1H3. The van der Waals surface area contributed by atoms with Gasteiger partial charge in [-0.15, -0.1) is 0 Å². The summed E-state index contributed by atoms with van der Waals surface area (Å²) in [6, 6.07) is 3.12. The molecule has 4 atom stereocenters. The van der Waals surface area contributed by atoms with E-state index in [4.69, 9.17) is 4.74 Å². The molecule has 28 heavy (non-hydrogen) atoms. The molecule has 8 heteroatoms. The number of aromatic nitrogens is 1. The molecule has 148 valence electrons. The number of pyridine rings is 1. The van der Waals surface area contributed by atoms with Crippen molar-refractivity contribution in [2.24, 2.45) is 11.8 Å². The fourth-order valence-electron chi connectivity index (χ4n) is 5.28. The van der Waals surface area contributed by atoms with E-state index in [1.807, 2.05) is 12.2 Å². The number of fused-ring (bicyclic) bond motifs is 1. The predicted octanol–water partition coefficient (Wildman–Crippen LogP) is 0.442.